The third kappa shape index (κ3) is 2.59. The highest BCUT2D eigenvalue weighted by Gasteiger charge is 2.41. The van der Waals surface area contributed by atoms with Crippen LogP contribution in [-0.2, 0) is 4.74 Å². The highest BCUT2D eigenvalue weighted by molar-refractivity contribution is 5.92. The minimum absolute atomic E-state index is 0.0949. The third-order valence-electron chi connectivity index (χ3n) is 3.66. The molecule has 0 spiro atoms. The average Bonchev–Trinajstić information content (AvgIpc) is 3.19. The molecule has 0 radical (unpaired) electrons. The third-order valence-corrected chi connectivity index (χ3v) is 3.66. The number of hydrogen-bond acceptors (Lipinski definition) is 4. The summed E-state index contributed by atoms with van der Waals surface area (Å²) in [6.07, 6.45) is 4.85. The van der Waals surface area contributed by atoms with Crippen LogP contribution in [0.15, 0.2) is 18.3 Å². The lowest BCUT2D eigenvalue weighted by molar-refractivity contribution is 0.0727. The average molecular weight is 257 g/mol. The van der Waals surface area contributed by atoms with Gasteiger partial charge in [-0.1, -0.05) is 0 Å². The molecule has 1 saturated heterocycles. The molecule has 1 aromatic heterocycles. The highest BCUT2D eigenvalue weighted by atomic mass is 16.5. The van der Waals surface area contributed by atoms with E-state index in [4.69, 9.17) is 10.00 Å². The Bertz CT molecular complexity index is 516. The Hall–Kier alpha value is -1.93. The first-order valence-corrected chi connectivity index (χ1v) is 6.56. The lowest BCUT2D eigenvalue weighted by Gasteiger charge is -2.19. The van der Waals surface area contributed by atoms with Crippen molar-refractivity contribution >= 4 is 5.91 Å². The Kier molecular flexibility index (Phi) is 3.18. The molecule has 0 aromatic carbocycles. The molecule has 1 aliphatic carbocycles. The number of nitrogens with one attached hydrogen (secondary N) is 1. The van der Waals surface area contributed by atoms with Gasteiger partial charge in [-0.2, -0.15) is 5.26 Å². The van der Waals surface area contributed by atoms with E-state index < -0.39 is 0 Å². The largest absolute Gasteiger partial charge is 0.376 e. The zero-order valence-corrected chi connectivity index (χ0v) is 10.5. The molecule has 2 aliphatic rings. The molecule has 2 atom stereocenters. The van der Waals surface area contributed by atoms with Crippen molar-refractivity contribution in [1.82, 2.24) is 10.3 Å². The molecule has 1 amide bonds. The molecule has 0 bridgehead atoms. The fourth-order valence-corrected chi connectivity index (χ4v) is 2.49. The summed E-state index contributed by atoms with van der Waals surface area (Å²) in [6, 6.07) is 5.26. The van der Waals surface area contributed by atoms with Crippen LogP contribution in [0.25, 0.3) is 0 Å². The number of carbonyl (C=O) groups is 1. The Labute approximate surface area is 111 Å². The second-order valence-corrected chi connectivity index (χ2v) is 5.09. The number of pyridine rings is 1. The molecule has 1 saturated carbocycles. The molecule has 5 heteroatoms. The van der Waals surface area contributed by atoms with Gasteiger partial charge in [0.1, 0.15) is 11.8 Å². The summed E-state index contributed by atoms with van der Waals surface area (Å²) in [5.74, 6) is 0.423. The number of carbonyl (C=O) groups excluding carboxylic acids is 1. The van der Waals surface area contributed by atoms with Crippen molar-refractivity contribution in [2.45, 2.75) is 31.4 Å². The van der Waals surface area contributed by atoms with Crippen molar-refractivity contribution in [3.8, 4) is 6.07 Å². The fraction of sp³-hybridized carbons (Fsp3) is 0.500. The van der Waals surface area contributed by atoms with Crippen molar-refractivity contribution in [3.05, 3.63) is 29.6 Å². The molecule has 2 fully saturated rings. The summed E-state index contributed by atoms with van der Waals surface area (Å²) in [5.41, 5.74) is 0.803. The number of nitriles is 1. The predicted molar refractivity (Wildman–Crippen MR) is 67.3 cm³/mol. The minimum Gasteiger partial charge on any atom is -0.376 e. The Morgan fingerprint density at radius 2 is 2.26 bits per heavy atom. The predicted octanol–water partition coefficient (Wildman–Crippen LogP) is 1.25. The van der Waals surface area contributed by atoms with E-state index >= 15 is 0 Å². The van der Waals surface area contributed by atoms with Crippen LogP contribution in [0.3, 0.4) is 0 Å². The smallest absolute Gasteiger partial charge is 0.270 e. The van der Waals surface area contributed by atoms with Gasteiger partial charge in [-0.25, -0.2) is 4.98 Å². The van der Waals surface area contributed by atoms with Crippen molar-refractivity contribution in [3.63, 3.8) is 0 Å². The van der Waals surface area contributed by atoms with E-state index in [-0.39, 0.29) is 18.1 Å². The van der Waals surface area contributed by atoms with Crippen LogP contribution in [0.4, 0.5) is 0 Å². The van der Waals surface area contributed by atoms with E-state index in [1.165, 1.54) is 19.0 Å². The van der Waals surface area contributed by atoms with Gasteiger partial charge in [-0.15, -0.1) is 0 Å². The molecule has 3 rings (SSSR count). The van der Waals surface area contributed by atoms with E-state index in [2.05, 4.69) is 10.3 Å². The second-order valence-electron chi connectivity index (χ2n) is 5.09. The van der Waals surface area contributed by atoms with Crippen molar-refractivity contribution in [2.24, 2.45) is 5.92 Å². The SMILES string of the molecule is N#Cc1ccc(C(=O)NC2CCOC2C2CC2)nc1. The maximum Gasteiger partial charge on any atom is 0.270 e. The Balaban J connectivity index is 1.65. The molecular formula is C14H15N3O2. The zero-order chi connectivity index (χ0) is 13.2. The van der Waals surface area contributed by atoms with Gasteiger partial charge in [0, 0.05) is 12.8 Å². The lowest BCUT2D eigenvalue weighted by atomic mass is 10.1. The van der Waals surface area contributed by atoms with E-state index in [0.29, 0.717) is 23.8 Å². The molecule has 1 N–H and O–H groups in total. The van der Waals surface area contributed by atoms with Crippen LogP contribution in [0.5, 0.6) is 0 Å². The Morgan fingerprint density at radius 3 is 2.89 bits per heavy atom. The first-order chi connectivity index (χ1) is 9.28. The van der Waals surface area contributed by atoms with Crippen LogP contribution in [0.1, 0.15) is 35.3 Å². The molecule has 1 aliphatic heterocycles. The molecule has 19 heavy (non-hydrogen) atoms. The number of hydrogen-bond donors (Lipinski definition) is 1. The van der Waals surface area contributed by atoms with Crippen LogP contribution in [0.2, 0.25) is 0 Å². The quantitative estimate of drug-likeness (QED) is 0.884. The first kappa shape index (κ1) is 12.1. The van der Waals surface area contributed by atoms with E-state index in [1.807, 2.05) is 6.07 Å². The molecule has 2 unspecified atom stereocenters. The zero-order valence-electron chi connectivity index (χ0n) is 10.5. The van der Waals surface area contributed by atoms with Crippen molar-refractivity contribution in [1.29, 1.82) is 5.26 Å². The summed E-state index contributed by atoms with van der Waals surface area (Å²) >= 11 is 0. The molecule has 1 aromatic rings. The lowest BCUT2D eigenvalue weighted by Crippen LogP contribution is -2.41. The number of rotatable bonds is 3. The van der Waals surface area contributed by atoms with Crippen LogP contribution >= 0.6 is 0 Å². The molecule has 5 nitrogen and oxygen atoms in total. The summed E-state index contributed by atoms with van der Waals surface area (Å²) in [6.45, 7) is 0.715. The fourth-order valence-electron chi connectivity index (χ4n) is 2.49. The summed E-state index contributed by atoms with van der Waals surface area (Å²) in [7, 11) is 0. The van der Waals surface area contributed by atoms with Crippen molar-refractivity contribution in [2.75, 3.05) is 6.61 Å². The standard InChI is InChI=1S/C14H15N3O2/c15-7-9-1-4-12(16-8-9)14(18)17-11-5-6-19-13(11)10-2-3-10/h1,4,8,10-11,13H,2-3,5-6H2,(H,17,18). The number of ether oxygens (including phenoxy) is 1. The molecule has 98 valence electrons. The summed E-state index contributed by atoms with van der Waals surface area (Å²) in [4.78, 5) is 16.1. The number of aromatic nitrogens is 1. The van der Waals surface area contributed by atoms with Gasteiger partial charge in [0.15, 0.2) is 0 Å². The minimum atomic E-state index is -0.189. The summed E-state index contributed by atoms with van der Waals surface area (Å²) < 4.78 is 5.68. The van der Waals surface area contributed by atoms with Crippen LogP contribution in [0, 0.1) is 17.2 Å². The Morgan fingerprint density at radius 1 is 1.42 bits per heavy atom. The molecular weight excluding hydrogens is 242 g/mol. The van der Waals surface area contributed by atoms with Crippen LogP contribution < -0.4 is 5.32 Å². The van der Waals surface area contributed by atoms with Gasteiger partial charge in [-0.05, 0) is 37.3 Å². The normalized spacial score (nSPS) is 25.8. The topological polar surface area (TPSA) is 75.0 Å². The van der Waals surface area contributed by atoms with Gasteiger partial charge < -0.3 is 10.1 Å². The van der Waals surface area contributed by atoms with E-state index in [0.717, 1.165) is 6.42 Å². The van der Waals surface area contributed by atoms with Gasteiger partial charge in [0.05, 0.1) is 17.7 Å². The monoisotopic (exact) mass is 257 g/mol. The van der Waals surface area contributed by atoms with Gasteiger partial charge in [0.2, 0.25) is 0 Å². The van der Waals surface area contributed by atoms with Gasteiger partial charge >= 0.3 is 0 Å². The van der Waals surface area contributed by atoms with Gasteiger partial charge in [0.25, 0.3) is 5.91 Å². The highest BCUT2D eigenvalue weighted by Crippen LogP contribution is 2.38. The van der Waals surface area contributed by atoms with Crippen molar-refractivity contribution < 1.29 is 9.53 Å². The van der Waals surface area contributed by atoms with E-state index in [9.17, 15) is 4.79 Å². The number of nitrogens with zero attached hydrogens (tertiary/aromatic N) is 2. The van der Waals surface area contributed by atoms with E-state index in [1.54, 1.807) is 12.1 Å². The maximum atomic E-state index is 12.1. The second kappa shape index (κ2) is 4.98. The first-order valence-electron chi connectivity index (χ1n) is 6.56. The van der Waals surface area contributed by atoms with Crippen LogP contribution in [-0.4, -0.2) is 29.6 Å². The maximum absolute atomic E-state index is 12.1. The summed E-state index contributed by atoms with van der Waals surface area (Å²) in [5, 5.41) is 11.7. The molecule has 2 heterocycles. The van der Waals surface area contributed by atoms with Gasteiger partial charge in [-0.3, -0.25) is 4.79 Å². The number of amides is 1.